The van der Waals surface area contributed by atoms with Crippen LogP contribution in [0.5, 0.6) is 0 Å². The van der Waals surface area contributed by atoms with Gasteiger partial charge < -0.3 is 5.32 Å². The number of thiocarbonyl (C=S) groups is 1. The average molecular weight is 304 g/mol. The first-order valence-electron chi connectivity index (χ1n) is 7.48. The van der Waals surface area contributed by atoms with Crippen LogP contribution in [-0.2, 0) is 12.8 Å². The number of hydrogen-bond donors (Lipinski definition) is 1. The molecule has 2 aromatic rings. The molecule has 1 aliphatic carbocycles. The van der Waals surface area contributed by atoms with E-state index in [9.17, 15) is 0 Å². The summed E-state index contributed by atoms with van der Waals surface area (Å²) in [4.78, 5) is 8.01. The van der Waals surface area contributed by atoms with Gasteiger partial charge in [-0.15, -0.1) is 11.3 Å². The molecule has 20 heavy (non-hydrogen) atoms. The lowest BCUT2D eigenvalue weighted by Crippen LogP contribution is -2.22. The van der Waals surface area contributed by atoms with Gasteiger partial charge in [0.05, 0.1) is 4.88 Å². The number of nitrogens with zero attached hydrogens (tertiary/aromatic N) is 1. The molecule has 0 saturated heterocycles. The molecule has 0 radical (unpaired) electrons. The number of unbranched alkanes of at least 4 members (excludes halogenated alkanes) is 1. The second-order valence-corrected chi connectivity index (χ2v) is 6.85. The van der Waals surface area contributed by atoms with Crippen molar-refractivity contribution in [3.05, 3.63) is 28.3 Å². The zero-order valence-electron chi connectivity index (χ0n) is 11.9. The third-order valence-electron chi connectivity index (χ3n) is 3.83. The molecule has 2 heterocycles. The number of nitrogens with one attached hydrogen (secondary N) is 1. The van der Waals surface area contributed by atoms with E-state index in [2.05, 4.69) is 24.4 Å². The Kier molecular flexibility index (Phi) is 4.32. The molecule has 1 N–H and O–H groups in total. The van der Waals surface area contributed by atoms with E-state index in [0.717, 1.165) is 34.1 Å². The number of pyridine rings is 1. The maximum atomic E-state index is 5.48. The smallest absolute Gasteiger partial charge is 0.124 e. The highest BCUT2D eigenvalue weighted by Crippen LogP contribution is 2.29. The van der Waals surface area contributed by atoms with Crippen LogP contribution < -0.4 is 5.32 Å². The van der Waals surface area contributed by atoms with Gasteiger partial charge in [-0.3, -0.25) is 0 Å². The summed E-state index contributed by atoms with van der Waals surface area (Å²) in [7, 11) is 0. The summed E-state index contributed by atoms with van der Waals surface area (Å²) >= 11 is 7.20. The van der Waals surface area contributed by atoms with E-state index < -0.39 is 0 Å². The van der Waals surface area contributed by atoms with Gasteiger partial charge in [0.2, 0.25) is 0 Å². The summed E-state index contributed by atoms with van der Waals surface area (Å²) in [6.45, 7) is 3.16. The predicted octanol–water partition coefficient (Wildman–Crippen LogP) is 4.24. The molecule has 0 atom stereocenters. The number of fused-ring (bicyclic) bond motifs is 2. The van der Waals surface area contributed by atoms with Gasteiger partial charge in [0.1, 0.15) is 9.82 Å². The fourth-order valence-corrected chi connectivity index (χ4v) is 3.91. The van der Waals surface area contributed by atoms with Gasteiger partial charge >= 0.3 is 0 Å². The second-order valence-electron chi connectivity index (χ2n) is 5.42. The minimum atomic E-state index is 0.874. The van der Waals surface area contributed by atoms with E-state index in [1.807, 2.05) is 0 Å². The Morgan fingerprint density at radius 1 is 1.35 bits per heavy atom. The molecule has 0 fully saturated rings. The van der Waals surface area contributed by atoms with Crippen LogP contribution in [0.4, 0.5) is 0 Å². The Hall–Kier alpha value is -1.00. The summed E-state index contributed by atoms with van der Waals surface area (Å²) in [6, 6.07) is 4.52. The number of thiophene rings is 1. The third-order valence-corrected chi connectivity index (χ3v) is 5.38. The van der Waals surface area contributed by atoms with Crippen LogP contribution >= 0.6 is 23.6 Å². The predicted molar refractivity (Wildman–Crippen MR) is 90.9 cm³/mol. The zero-order valence-corrected chi connectivity index (χ0v) is 13.5. The van der Waals surface area contributed by atoms with Gasteiger partial charge in [0, 0.05) is 17.6 Å². The summed E-state index contributed by atoms with van der Waals surface area (Å²) in [5.41, 5.74) is 2.75. The molecule has 0 amide bonds. The van der Waals surface area contributed by atoms with E-state index in [-0.39, 0.29) is 0 Å². The van der Waals surface area contributed by atoms with E-state index in [1.54, 1.807) is 11.3 Å². The summed E-state index contributed by atoms with van der Waals surface area (Å²) < 4.78 is 0. The van der Waals surface area contributed by atoms with Crippen LogP contribution in [0.1, 0.15) is 48.7 Å². The number of hydrogen-bond acceptors (Lipinski definition) is 3. The van der Waals surface area contributed by atoms with Crippen LogP contribution in [0.15, 0.2) is 12.1 Å². The van der Waals surface area contributed by atoms with Crippen molar-refractivity contribution in [3.63, 3.8) is 0 Å². The first-order chi connectivity index (χ1) is 9.78. The third kappa shape index (κ3) is 2.86. The van der Waals surface area contributed by atoms with E-state index in [1.165, 1.54) is 42.3 Å². The van der Waals surface area contributed by atoms with Gasteiger partial charge in [0.25, 0.3) is 0 Å². The van der Waals surface area contributed by atoms with Gasteiger partial charge in [-0.1, -0.05) is 25.6 Å². The highest BCUT2D eigenvalue weighted by atomic mass is 32.1. The van der Waals surface area contributed by atoms with E-state index in [4.69, 9.17) is 17.2 Å². The highest BCUT2D eigenvalue weighted by molar-refractivity contribution is 7.81. The minimum absolute atomic E-state index is 0.874. The van der Waals surface area contributed by atoms with Gasteiger partial charge in [0.15, 0.2) is 0 Å². The fraction of sp³-hybridized carbons (Fsp3) is 0.500. The number of rotatable bonds is 4. The maximum Gasteiger partial charge on any atom is 0.124 e. The first kappa shape index (κ1) is 14.0. The Labute approximate surface area is 129 Å². The van der Waals surface area contributed by atoms with Gasteiger partial charge in [-0.2, -0.15) is 0 Å². The van der Waals surface area contributed by atoms with Crippen molar-refractivity contribution in [2.45, 2.75) is 45.4 Å². The minimum Gasteiger partial charge on any atom is -0.375 e. The van der Waals surface area contributed by atoms with Crippen molar-refractivity contribution < 1.29 is 0 Å². The summed E-state index contributed by atoms with van der Waals surface area (Å²) in [6.07, 6.45) is 7.25. The lowest BCUT2D eigenvalue weighted by Gasteiger charge is -2.13. The van der Waals surface area contributed by atoms with Gasteiger partial charge in [-0.25, -0.2) is 4.98 Å². The molecular weight excluding hydrogens is 284 g/mol. The topological polar surface area (TPSA) is 24.9 Å². The quantitative estimate of drug-likeness (QED) is 0.675. The molecule has 4 heteroatoms. The Bertz CT molecular complexity index is 588. The van der Waals surface area contributed by atoms with Gasteiger partial charge in [-0.05, 0) is 49.8 Å². The monoisotopic (exact) mass is 304 g/mol. The second kappa shape index (κ2) is 6.19. The van der Waals surface area contributed by atoms with Crippen molar-refractivity contribution >= 4 is 38.8 Å². The standard InChI is InChI=1S/C16H20N2S2/c1-2-3-8-17-15(19)14-10-12-9-11-6-4-5-7-13(11)18-16(12)20-14/h9-10H,2-8H2,1H3,(H,17,19). The number of aromatic nitrogens is 1. The molecule has 0 bridgehead atoms. The van der Waals surface area contributed by atoms with Crippen LogP contribution in [0, 0.1) is 0 Å². The van der Waals surface area contributed by atoms with Crippen molar-refractivity contribution in [2.75, 3.05) is 6.54 Å². The molecule has 0 unspecified atom stereocenters. The molecule has 0 spiro atoms. The van der Waals surface area contributed by atoms with E-state index >= 15 is 0 Å². The molecule has 1 aliphatic rings. The van der Waals surface area contributed by atoms with Crippen molar-refractivity contribution in [1.82, 2.24) is 10.3 Å². The number of aryl methyl sites for hydroxylation is 2. The SMILES string of the molecule is CCCCNC(=S)c1cc2cc3c(nc2s1)CCCC3. The maximum absolute atomic E-state index is 5.48. The fourth-order valence-electron chi connectivity index (χ4n) is 2.67. The van der Waals surface area contributed by atoms with Crippen molar-refractivity contribution in [1.29, 1.82) is 0 Å². The lowest BCUT2D eigenvalue weighted by atomic mass is 9.96. The molecule has 0 aliphatic heterocycles. The Morgan fingerprint density at radius 2 is 2.20 bits per heavy atom. The van der Waals surface area contributed by atoms with Crippen LogP contribution in [0.2, 0.25) is 0 Å². The Morgan fingerprint density at radius 3 is 3.05 bits per heavy atom. The Balaban J connectivity index is 1.85. The molecular formula is C16H20N2S2. The van der Waals surface area contributed by atoms with Crippen molar-refractivity contribution in [3.8, 4) is 0 Å². The molecule has 0 aromatic carbocycles. The average Bonchev–Trinajstić information content (AvgIpc) is 2.87. The van der Waals surface area contributed by atoms with Crippen LogP contribution in [0.3, 0.4) is 0 Å². The molecule has 2 nitrogen and oxygen atoms in total. The molecule has 0 saturated carbocycles. The van der Waals surface area contributed by atoms with Crippen molar-refractivity contribution in [2.24, 2.45) is 0 Å². The molecule has 2 aromatic heterocycles. The normalized spacial score (nSPS) is 14.2. The highest BCUT2D eigenvalue weighted by Gasteiger charge is 2.14. The van der Waals surface area contributed by atoms with E-state index in [0.29, 0.717) is 0 Å². The lowest BCUT2D eigenvalue weighted by molar-refractivity contribution is 0.671. The summed E-state index contributed by atoms with van der Waals surface area (Å²) in [5.74, 6) is 0. The first-order valence-corrected chi connectivity index (χ1v) is 8.71. The molecule has 106 valence electrons. The summed E-state index contributed by atoms with van der Waals surface area (Å²) in [5, 5.41) is 4.60. The molecule has 3 rings (SSSR count). The zero-order chi connectivity index (χ0) is 13.9. The van der Waals surface area contributed by atoms with Crippen LogP contribution in [-0.4, -0.2) is 16.5 Å². The largest absolute Gasteiger partial charge is 0.375 e. The van der Waals surface area contributed by atoms with Crippen LogP contribution in [0.25, 0.3) is 10.2 Å².